The van der Waals surface area contributed by atoms with Crippen LogP contribution in [0, 0.1) is 17.8 Å². The summed E-state index contributed by atoms with van der Waals surface area (Å²) in [6.45, 7) is 5.70. The van der Waals surface area contributed by atoms with Gasteiger partial charge >= 0.3 is 19.8 Å². The van der Waals surface area contributed by atoms with Crippen LogP contribution in [0.15, 0.2) is 12.2 Å². The van der Waals surface area contributed by atoms with Crippen molar-refractivity contribution in [3.05, 3.63) is 12.2 Å². The first-order valence-electron chi connectivity index (χ1n) is 20.1. The van der Waals surface area contributed by atoms with Gasteiger partial charge in [-0.1, -0.05) is 136 Å². The molecule has 51 heavy (non-hydrogen) atoms. The first-order valence-corrected chi connectivity index (χ1v) is 21.6. The third-order valence-corrected chi connectivity index (χ3v) is 10.3. The standard InChI is InChI=1S/C39H73O11P/c1-4-5-16-22-32(40)26-27-35-34(36(41)28-37(35)42)23-18-14-15-19-24-38(43)48-29-33(30-49-51(45,46)47)50-39(44)25-20-13-11-9-7-6-8-10-12-17-21-31(2)3/h26-27,31-37,40-42H,4-25,28-30H2,1-3H3,(H2,45,46,47)/b27-26+/t32-,33+,34+,35+,36-,37+/m0/s1. The average Bonchev–Trinajstić information content (AvgIpc) is 3.33. The van der Waals surface area contributed by atoms with Crippen LogP contribution in [-0.4, -0.2) is 74.7 Å². The molecule has 0 amide bonds. The number of rotatable bonds is 32. The Hall–Kier alpha value is -1.33. The van der Waals surface area contributed by atoms with Gasteiger partial charge in [-0.15, -0.1) is 0 Å². The van der Waals surface area contributed by atoms with Crippen LogP contribution < -0.4 is 0 Å². The summed E-state index contributed by atoms with van der Waals surface area (Å²) < 4.78 is 26.4. The van der Waals surface area contributed by atoms with Crippen molar-refractivity contribution in [1.82, 2.24) is 0 Å². The Kier molecular flexibility index (Phi) is 27.2. The predicted octanol–water partition coefficient (Wildman–Crippen LogP) is 8.08. The molecule has 5 N–H and O–H groups in total. The lowest BCUT2D eigenvalue weighted by molar-refractivity contribution is -0.161. The van der Waals surface area contributed by atoms with Crippen molar-refractivity contribution in [2.24, 2.45) is 17.8 Å². The largest absolute Gasteiger partial charge is 0.469 e. The molecule has 0 heterocycles. The molecule has 1 aliphatic carbocycles. The number of hydrogen-bond acceptors (Lipinski definition) is 9. The Balaban J connectivity index is 2.28. The third kappa shape index (κ3) is 26.1. The van der Waals surface area contributed by atoms with E-state index in [1.807, 2.05) is 6.08 Å². The van der Waals surface area contributed by atoms with Gasteiger partial charge in [-0.05, 0) is 37.5 Å². The minimum atomic E-state index is -4.80. The molecule has 300 valence electrons. The van der Waals surface area contributed by atoms with E-state index in [0.717, 1.165) is 70.1 Å². The van der Waals surface area contributed by atoms with Gasteiger partial charge in [-0.3, -0.25) is 14.1 Å². The number of hydrogen-bond donors (Lipinski definition) is 5. The molecule has 0 aromatic carbocycles. The summed E-state index contributed by atoms with van der Waals surface area (Å²) in [5.41, 5.74) is 0. The third-order valence-electron chi connectivity index (χ3n) is 9.81. The molecule has 1 aliphatic rings. The highest BCUT2D eigenvalue weighted by Gasteiger charge is 2.39. The zero-order chi connectivity index (χ0) is 37.9. The molecule has 0 bridgehead atoms. The fraction of sp³-hybridized carbons (Fsp3) is 0.897. The maximum absolute atomic E-state index is 12.4. The van der Waals surface area contributed by atoms with Crippen LogP contribution in [0.5, 0.6) is 0 Å². The van der Waals surface area contributed by atoms with Gasteiger partial charge in [-0.2, -0.15) is 0 Å². The molecule has 0 aromatic heterocycles. The van der Waals surface area contributed by atoms with Crippen LogP contribution in [0.1, 0.15) is 168 Å². The number of phosphoric ester groups is 1. The summed E-state index contributed by atoms with van der Waals surface area (Å²) in [5, 5.41) is 31.2. The Labute approximate surface area is 308 Å². The van der Waals surface area contributed by atoms with Crippen LogP contribution in [0.25, 0.3) is 0 Å². The molecule has 0 aromatic rings. The van der Waals surface area contributed by atoms with E-state index >= 15 is 0 Å². The first-order chi connectivity index (χ1) is 24.3. The minimum absolute atomic E-state index is 0.0805. The molecular weight excluding hydrogens is 675 g/mol. The second-order valence-corrected chi connectivity index (χ2v) is 16.3. The van der Waals surface area contributed by atoms with Gasteiger partial charge in [0, 0.05) is 25.2 Å². The van der Waals surface area contributed by atoms with Gasteiger partial charge in [-0.25, -0.2) is 4.57 Å². The first kappa shape index (κ1) is 47.7. The summed E-state index contributed by atoms with van der Waals surface area (Å²) >= 11 is 0. The summed E-state index contributed by atoms with van der Waals surface area (Å²) in [6, 6.07) is 0. The topological polar surface area (TPSA) is 180 Å². The molecule has 11 nitrogen and oxygen atoms in total. The smallest absolute Gasteiger partial charge is 0.462 e. The van der Waals surface area contributed by atoms with Crippen molar-refractivity contribution in [2.45, 2.75) is 193 Å². The monoisotopic (exact) mass is 748 g/mol. The molecule has 0 unspecified atom stereocenters. The number of aliphatic hydroxyl groups is 3. The van der Waals surface area contributed by atoms with Crippen molar-refractivity contribution in [3.63, 3.8) is 0 Å². The zero-order valence-electron chi connectivity index (χ0n) is 32.0. The molecule has 0 aliphatic heterocycles. The summed E-state index contributed by atoms with van der Waals surface area (Å²) in [6.07, 6.45) is 21.5. The summed E-state index contributed by atoms with van der Waals surface area (Å²) in [5.74, 6) is -0.513. The van der Waals surface area contributed by atoms with Crippen molar-refractivity contribution < 1.29 is 53.3 Å². The molecule has 6 atom stereocenters. The molecule has 1 rings (SSSR count). The Bertz CT molecular complexity index is 969. The maximum Gasteiger partial charge on any atom is 0.469 e. The second-order valence-electron chi connectivity index (χ2n) is 15.1. The lowest BCUT2D eigenvalue weighted by Gasteiger charge is -2.21. The van der Waals surface area contributed by atoms with Gasteiger partial charge in [0.05, 0.1) is 24.9 Å². The van der Waals surface area contributed by atoms with E-state index in [-0.39, 0.29) is 31.3 Å². The zero-order valence-corrected chi connectivity index (χ0v) is 32.9. The molecule has 0 radical (unpaired) electrons. The molecular formula is C39H73O11P. The second kappa shape index (κ2) is 29.1. The fourth-order valence-corrected chi connectivity index (χ4v) is 7.13. The van der Waals surface area contributed by atoms with Gasteiger partial charge in [0.2, 0.25) is 0 Å². The number of carbonyl (C=O) groups excluding carboxylic acids is 2. The highest BCUT2D eigenvalue weighted by molar-refractivity contribution is 7.46. The van der Waals surface area contributed by atoms with Crippen LogP contribution in [0.3, 0.4) is 0 Å². The normalized spacial score (nSPS) is 20.6. The Morgan fingerprint density at radius 3 is 1.88 bits per heavy atom. The molecule has 0 saturated heterocycles. The van der Waals surface area contributed by atoms with E-state index in [1.54, 1.807) is 6.08 Å². The maximum atomic E-state index is 12.4. The lowest BCUT2D eigenvalue weighted by Crippen LogP contribution is -2.29. The van der Waals surface area contributed by atoms with Crippen LogP contribution in [0.2, 0.25) is 0 Å². The van der Waals surface area contributed by atoms with E-state index in [1.165, 1.54) is 44.9 Å². The van der Waals surface area contributed by atoms with Crippen molar-refractivity contribution >= 4 is 19.8 Å². The quantitative estimate of drug-likeness (QED) is 0.0194. The van der Waals surface area contributed by atoms with Crippen LogP contribution in [0.4, 0.5) is 0 Å². The number of unbranched alkanes of at least 4 members (excludes halogenated alkanes) is 14. The van der Waals surface area contributed by atoms with Crippen LogP contribution in [-0.2, 0) is 28.2 Å². The summed E-state index contributed by atoms with van der Waals surface area (Å²) in [4.78, 5) is 43.0. The fourth-order valence-electron chi connectivity index (χ4n) is 6.77. The van der Waals surface area contributed by atoms with Crippen molar-refractivity contribution in [2.75, 3.05) is 13.2 Å². The van der Waals surface area contributed by atoms with Gasteiger partial charge in [0.15, 0.2) is 6.10 Å². The minimum Gasteiger partial charge on any atom is -0.462 e. The lowest BCUT2D eigenvalue weighted by atomic mass is 9.88. The number of ether oxygens (including phenoxy) is 2. The molecule has 1 saturated carbocycles. The highest BCUT2D eigenvalue weighted by atomic mass is 31.2. The van der Waals surface area contributed by atoms with Crippen molar-refractivity contribution in [3.8, 4) is 0 Å². The predicted molar refractivity (Wildman–Crippen MR) is 200 cm³/mol. The molecule has 1 fully saturated rings. The SMILES string of the molecule is CCCCC[C@H](O)/C=C/[C@@H]1[C@@H](CCCCCCC(=O)OC[C@H](COP(=O)(O)O)OC(=O)CCCCCCCCCCCCC(C)C)[C@@H](O)C[C@H]1O. The van der Waals surface area contributed by atoms with Gasteiger partial charge in [0.25, 0.3) is 0 Å². The molecule has 12 heteroatoms. The van der Waals surface area contributed by atoms with E-state index < -0.39 is 50.8 Å². The Morgan fingerprint density at radius 2 is 1.29 bits per heavy atom. The van der Waals surface area contributed by atoms with Crippen LogP contribution >= 0.6 is 7.82 Å². The summed E-state index contributed by atoms with van der Waals surface area (Å²) in [7, 11) is -4.80. The van der Waals surface area contributed by atoms with Gasteiger partial charge < -0.3 is 34.6 Å². The van der Waals surface area contributed by atoms with E-state index in [2.05, 4.69) is 25.3 Å². The van der Waals surface area contributed by atoms with E-state index in [0.29, 0.717) is 25.7 Å². The Morgan fingerprint density at radius 1 is 0.745 bits per heavy atom. The average molecular weight is 749 g/mol. The van der Waals surface area contributed by atoms with Gasteiger partial charge in [0.1, 0.15) is 6.61 Å². The highest BCUT2D eigenvalue weighted by Crippen LogP contribution is 2.38. The van der Waals surface area contributed by atoms with Crippen molar-refractivity contribution in [1.29, 1.82) is 0 Å². The number of aliphatic hydroxyl groups excluding tert-OH is 3. The molecule has 0 spiro atoms. The number of carbonyl (C=O) groups is 2. The van der Waals surface area contributed by atoms with E-state index in [4.69, 9.17) is 19.3 Å². The number of phosphoric acid groups is 1. The van der Waals surface area contributed by atoms with E-state index in [9.17, 15) is 29.5 Å². The number of esters is 2.